The van der Waals surface area contributed by atoms with Gasteiger partial charge < -0.3 is 10.4 Å². The number of carboxylic acids is 1. The Labute approximate surface area is 117 Å². The largest absolute Gasteiger partial charge is 0.480 e. The summed E-state index contributed by atoms with van der Waals surface area (Å²) in [6.45, 7) is 0. The Balaban J connectivity index is 2.20. The van der Waals surface area contributed by atoms with E-state index in [4.69, 9.17) is 0 Å². The second-order valence-corrected chi connectivity index (χ2v) is 5.81. The van der Waals surface area contributed by atoms with Crippen molar-refractivity contribution in [2.24, 2.45) is 0 Å². The van der Waals surface area contributed by atoms with E-state index in [1.54, 1.807) is 0 Å². The molecule has 0 unspecified atom stereocenters. The minimum Gasteiger partial charge on any atom is -0.480 e. The zero-order valence-electron chi connectivity index (χ0n) is 10.5. The van der Waals surface area contributed by atoms with Crippen LogP contribution in [0, 0.1) is 0 Å². The Morgan fingerprint density at radius 3 is 2.25 bits per heavy atom. The van der Waals surface area contributed by atoms with Crippen molar-refractivity contribution in [2.75, 3.05) is 5.32 Å². The van der Waals surface area contributed by atoms with Crippen LogP contribution in [0.4, 0.5) is 18.3 Å². The van der Waals surface area contributed by atoms with Crippen LogP contribution < -0.4 is 5.32 Å². The molecule has 0 amide bonds. The Kier molecular flexibility index (Phi) is 4.17. The van der Waals surface area contributed by atoms with Crippen molar-refractivity contribution in [3.8, 4) is 0 Å². The molecule has 0 radical (unpaired) electrons. The van der Waals surface area contributed by atoms with Crippen LogP contribution in [-0.4, -0.2) is 26.8 Å². The summed E-state index contributed by atoms with van der Waals surface area (Å²) in [5.74, 6) is -1.05. The molecule has 1 aliphatic carbocycles. The number of alkyl halides is 3. The van der Waals surface area contributed by atoms with Crippen LogP contribution >= 0.6 is 11.3 Å². The monoisotopic (exact) mass is 309 g/mol. The van der Waals surface area contributed by atoms with E-state index < -0.39 is 22.7 Å². The molecule has 1 aromatic rings. The lowest BCUT2D eigenvalue weighted by atomic mass is 9.90. The maximum absolute atomic E-state index is 12.5. The number of hydrogen-bond donors (Lipinski definition) is 2. The predicted molar refractivity (Wildman–Crippen MR) is 66.6 cm³/mol. The van der Waals surface area contributed by atoms with Crippen LogP contribution in [0.1, 0.15) is 43.5 Å². The smallest absolute Gasteiger partial charge is 0.445 e. The predicted octanol–water partition coefficient (Wildman–Crippen LogP) is 3.15. The SMILES string of the molecule is O=C(O)C1(Nc2nnc(C(F)(F)F)s2)CCCCCC1. The number of carbonyl (C=O) groups is 1. The lowest BCUT2D eigenvalue weighted by molar-refractivity contribution is -0.143. The first kappa shape index (κ1) is 15.0. The van der Waals surface area contributed by atoms with Crippen LogP contribution in [-0.2, 0) is 11.0 Å². The van der Waals surface area contributed by atoms with Crippen molar-refractivity contribution in [1.29, 1.82) is 0 Å². The van der Waals surface area contributed by atoms with Crippen molar-refractivity contribution in [1.82, 2.24) is 10.2 Å². The number of carboxylic acid groups (broad SMARTS) is 1. The van der Waals surface area contributed by atoms with E-state index in [9.17, 15) is 23.1 Å². The molecule has 112 valence electrons. The van der Waals surface area contributed by atoms with Crippen LogP contribution in [0.2, 0.25) is 0 Å². The third kappa shape index (κ3) is 3.20. The highest BCUT2D eigenvalue weighted by atomic mass is 32.1. The molecule has 9 heteroatoms. The van der Waals surface area contributed by atoms with E-state index in [2.05, 4.69) is 15.5 Å². The van der Waals surface area contributed by atoms with Crippen molar-refractivity contribution in [3.05, 3.63) is 5.01 Å². The summed E-state index contributed by atoms with van der Waals surface area (Å²) in [6.07, 6.45) is -0.486. The van der Waals surface area contributed by atoms with E-state index >= 15 is 0 Å². The molecule has 0 aromatic carbocycles. The minimum atomic E-state index is -4.56. The number of rotatable bonds is 3. The summed E-state index contributed by atoms with van der Waals surface area (Å²) in [6, 6.07) is 0. The molecular formula is C11H14F3N3O2S. The number of aromatic nitrogens is 2. The van der Waals surface area contributed by atoms with Crippen LogP contribution in [0.5, 0.6) is 0 Å². The normalized spacial score (nSPS) is 19.4. The van der Waals surface area contributed by atoms with Gasteiger partial charge in [0, 0.05) is 0 Å². The van der Waals surface area contributed by atoms with Crippen LogP contribution in [0.15, 0.2) is 0 Å². The number of hydrogen-bond acceptors (Lipinski definition) is 5. The summed E-state index contributed by atoms with van der Waals surface area (Å²) in [7, 11) is 0. The molecule has 0 spiro atoms. The van der Waals surface area contributed by atoms with Crippen molar-refractivity contribution >= 4 is 22.4 Å². The zero-order valence-corrected chi connectivity index (χ0v) is 11.4. The highest BCUT2D eigenvalue weighted by Gasteiger charge is 2.41. The van der Waals surface area contributed by atoms with E-state index in [1.165, 1.54) is 0 Å². The molecule has 1 aromatic heterocycles. The standard InChI is InChI=1S/C11H14F3N3O2S/c12-11(13,14)7-16-17-9(20-7)15-10(8(18)19)5-3-1-2-4-6-10/h1-6H2,(H,15,17)(H,18,19). The summed E-state index contributed by atoms with van der Waals surface area (Å²) in [5.41, 5.74) is -1.24. The maximum Gasteiger partial charge on any atom is 0.445 e. The van der Waals surface area contributed by atoms with Gasteiger partial charge >= 0.3 is 12.1 Å². The highest BCUT2D eigenvalue weighted by molar-refractivity contribution is 7.15. The van der Waals surface area contributed by atoms with E-state index in [1.807, 2.05) is 0 Å². The topological polar surface area (TPSA) is 75.1 Å². The van der Waals surface area contributed by atoms with Gasteiger partial charge in [0.2, 0.25) is 10.1 Å². The van der Waals surface area contributed by atoms with Crippen LogP contribution in [0.3, 0.4) is 0 Å². The van der Waals surface area contributed by atoms with Gasteiger partial charge in [-0.25, -0.2) is 4.79 Å². The van der Waals surface area contributed by atoms with E-state index in [0.29, 0.717) is 24.2 Å². The maximum atomic E-state index is 12.5. The summed E-state index contributed by atoms with van der Waals surface area (Å²) in [5, 5.41) is 17.4. The molecule has 5 nitrogen and oxygen atoms in total. The van der Waals surface area contributed by atoms with Gasteiger partial charge in [0.25, 0.3) is 0 Å². The summed E-state index contributed by atoms with van der Waals surface area (Å²) in [4.78, 5) is 11.5. The molecule has 2 N–H and O–H groups in total. The molecule has 0 atom stereocenters. The fourth-order valence-electron chi connectivity index (χ4n) is 2.32. The molecule has 1 heterocycles. The minimum absolute atomic E-state index is 0.0957. The molecule has 0 aliphatic heterocycles. The molecule has 2 rings (SSSR count). The van der Waals surface area contributed by atoms with Gasteiger partial charge in [-0.15, -0.1) is 10.2 Å². The molecule has 1 aliphatic rings. The molecule has 20 heavy (non-hydrogen) atoms. The number of anilines is 1. The van der Waals surface area contributed by atoms with Crippen molar-refractivity contribution < 1.29 is 23.1 Å². The third-order valence-corrected chi connectivity index (χ3v) is 4.26. The first-order valence-electron chi connectivity index (χ1n) is 6.26. The average Bonchev–Trinajstić information content (AvgIpc) is 2.68. The number of halogens is 3. The van der Waals surface area contributed by atoms with Crippen molar-refractivity contribution in [2.45, 2.75) is 50.2 Å². The molecule has 1 fully saturated rings. The molecular weight excluding hydrogens is 295 g/mol. The first-order valence-corrected chi connectivity index (χ1v) is 7.07. The number of nitrogens with one attached hydrogen (secondary N) is 1. The van der Waals surface area contributed by atoms with Crippen molar-refractivity contribution in [3.63, 3.8) is 0 Å². The number of nitrogens with zero attached hydrogens (tertiary/aromatic N) is 2. The second kappa shape index (κ2) is 5.55. The Hall–Kier alpha value is -1.38. The van der Waals surface area contributed by atoms with Gasteiger partial charge in [0.05, 0.1) is 0 Å². The Morgan fingerprint density at radius 2 is 1.80 bits per heavy atom. The average molecular weight is 309 g/mol. The fourth-order valence-corrected chi connectivity index (χ4v) is 3.03. The Morgan fingerprint density at radius 1 is 1.20 bits per heavy atom. The van der Waals surface area contributed by atoms with Gasteiger partial charge in [0.15, 0.2) is 0 Å². The fraction of sp³-hybridized carbons (Fsp3) is 0.727. The van der Waals surface area contributed by atoms with E-state index in [0.717, 1.165) is 25.7 Å². The quantitative estimate of drug-likeness (QED) is 0.839. The zero-order chi connectivity index (χ0) is 14.8. The first-order chi connectivity index (χ1) is 9.33. The molecule has 0 saturated heterocycles. The lowest BCUT2D eigenvalue weighted by Gasteiger charge is -2.28. The van der Waals surface area contributed by atoms with Gasteiger partial charge in [-0.1, -0.05) is 37.0 Å². The van der Waals surface area contributed by atoms with Crippen LogP contribution in [0.25, 0.3) is 0 Å². The molecule has 1 saturated carbocycles. The van der Waals surface area contributed by atoms with Gasteiger partial charge in [-0.2, -0.15) is 13.2 Å². The third-order valence-electron chi connectivity index (χ3n) is 3.38. The summed E-state index contributed by atoms with van der Waals surface area (Å²) >= 11 is 0.335. The van der Waals surface area contributed by atoms with E-state index in [-0.39, 0.29) is 5.13 Å². The Bertz CT molecular complexity index is 482. The summed E-state index contributed by atoms with van der Waals surface area (Å²) < 4.78 is 37.4. The molecule has 0 bridgehead atoms. The number of aliphatic carboxylic acids is 1. The highest BCUT2D eigenvalue weighted by Crippen LogP contribution is 2.36. The van der Waals surface area contributed by atoms with Gasteiger partial charge in [0.1, 0.15) is 5.54 Å². The van der Waals surface area contributed by atoms with Gasteiger partial charge in [-0.05, 0) is 12.8 Å². The second-order valence-electron chi connectivity index (χ2n) is 4.84. The van der Waals surface area contributed by atoms with Gasteiger partial charge in [-0.3, -0.25) is 0 Å². The lowest BCUT2D eigenvalue weighted by Crippen LogP contribution is -2.46.